The SMILES string of the molecule is Cc1cccnc1-c1csc(NC(=O)c2cn(-c3ccccc3)nc2-c2ccccc2)n1. The zero-order valence-corrected chi connectivity index (χ0v) is 18.1. The van der Waals surface area contributed by atoms with Gasteiger partial charge in [-0.05, 0) is 30.7 Å². The number of rotatable bonds is 5. The maximum atomic E-state index is 13.3. The fraction of sp³-hybridized carbons (Fsp3) is 0.0400. The van der Waals surface area contributed by atoms with E-state index in [1.165, 1.54) is 11.3 Å². The van der Waals surface area contributed by atoms with E-state index in [4.69, 9.17) is 5.10 Å². The molecule has 0 saturated heterocycles. The molecule has 32 heavy (non-hydrogen) atoms. The molecule has 6 nitrogen and oxygen atoms in total. The zero-order valence-electron chi connectivity index (χ0n) is 17.3. The van der Waals surface area contributed by atoms with Crippen LogP contribution in [0.1, 0.15) is 15.9 Å². The van der Waals surface area contributed by atoms with Crippen molar-refractivity contribution in [1.82, 2.24) is 19.7 Å². The summed E-state index contributed by atoms with van der Waals surface area (Å²) in [5.41, 5.74) is 5.43. The Morgan fingerprint density at radius 3 is 2.44 bits per heavy atom. The normalized spacial score (nSPS) is 10.8. The quantitative estimate of drug-likeness (QED) is 0.387. The molecule has 1 amide bonds. The zero-order chi connectivity index (χ0) is 21.9. The summed E-state index contributed by atoms with van der Waals surface area (Å²) in [4.78, 5) is 22.2. The van der Waals surface area contributed by atoms with Crippen LogP contribution in [0.5, 0.6) is 0 Å². The maximum absolute atomic E-state index is 13.3. The number of aromatic nitrogens is 4. The van der Waals surface area contributed by atoms with Gasteiger partial charge in [-0.25, -0.2) is 9.67 Å². The minimum atomic E-state index is -0.260. The highest BCUT2D eigenvalue weighted by atomic mass is 32.1. The number of nitrogens with one attached hydrogen (secondary N) is 1. The van der Waals surface area contributed by atoms with Gasteiger partial charge >= 0.3 is 0 Å². The van der Waals surface area contributed by atoms with Gasteiger partial charge in [0.05, 0.1) is 16.9 Å². The fourth-order valence-electron chi connectivity index (χ4n) is 3.42. The van der Waals surface area contributed by atoms with Crippen molar-refractivity contribution in [2.45, 2.75) is 6.92 Å². The largest absolute Gasteiger partial charge is 0.298 e. The van der Waals surface area contributed by atoms with E-state index in [9.17, 15) is 4.79 Å². The Balaban J connectivity index is 1.48. The van der Waals surface area contributed by atoms with Crippen molar-refractivity contribution in [2.75, 3.05) is 5.32 Å². The highest BCUT2D eigenvalue weighted by molar-refractivity contribution is 7.14. The third-order valence-corrected chi connectivity index (χ3v) is 5.76. The lowest BCUT2D eigenvalue weighted by Gasteiger charge is -2.03. The van der Waals surface area contributed by atoms with Crippen LogP contribution < -0.4 is 5.32 Å². The Kier molecular flexibility index (Phi) is 5.31. The molecule has 3 aromatic heterocycles. The molecule has 0 atom stereocenters. The number of pyridine rings is 1. The Hall–Kier alpha value is -4.10. The first kappa shape index (κ1) is 19.8. The molecule has 0 aliphatic carbocycles. The van der Waals surface area contributed by atoms with Crippen LogP contribution >= 0.6 is 11.3 Å². The topological polar surface area (TPSA) is 72.7 Å². The lowest BCUT2D eigenvalue weighted by molar-refractivity contribution is 0.102. The Morgan fingerprint density at radius 2 is 1.69 bits per heavy atom. The van der Waals surface area contributed by atoms with E-state index in [1.807, 2.05) is 85.1 Å². The Labute approximate surface area is 189 Å². The maximum Gasteiger partial charge on any atom is 0.261 e. The number of hydrogen-bond donors (Lipinski definition) is 1. The smallest absolute Gasteiger partial charge is 0.261 e. The first-order valence-electron chi connectivity index (χ1n) is 10.1. The van der Waals surface area contributed by atoms with Crippen LogP contribution in [0.15, 0.2) is 90.6 Å². The van der Waals surface area contributed by atoms with Crippen LogP contribution in [-0.2, 0) is 0 Å². The van der Waals surface area contributed by atoms with E-state index < -0.39 is 0 Å². The van der Waals surface area contributed by atoms with Gasteiger partial charge in [0.2, 0.25) is 0 Å². The molecular weight excluding hydrogens is 418 g/mol. The molecule has 2 aromatic carbocycles. The number of carbonyl (C=O) groups is 1. The van der Waals surface area contributed by atoms with Crippen LogP contribution in [0.25, 0.3) is 28.3 Å². The molecule has 0 spiro atoms. The molecule has 5 rings (SSSR count). The molecule has 0 saturated carbocycles. The van der Waals surface area contributed by atoms with Gasteiger partial charge in [0.1, 0.15) is 11.4 Å². The van der Waals surface area contributed by atoms with E-state index >= 15 is 0 Å². The summed E-state index contributed by atoms with van der Waals surface area (Å²) in [6.45, 7) is 1.99. The van der Waals surface area contributed by atoms with E-state index in [0.717, 1.165) is 28.2 Å². The molecule has 156 valence electrons. The number of aryl methyl sites for hydroxylation is 1. The molecule has 5 aromatic rings. The molecule has 0 unspecified atom stereocenters. The third-order valence-electron chi connectivity index (χ3n) is 5.00. The molecular formula is C25H19N5OS. The standard InChI is InChI=1S/C25H19N5OS/c1-17-9-8-14-26-22(17)21-16-32-25(27-21)28-24(31)20-15-30(19-12-6-3-7-13-19)29-23(20)18-10-4-2-5-11-18/h2-16H,1H3,(H,27,28,31). The van der Waals surface area contributed by atoms with Crippen molar-refractivity contribution >= 4 is 22.4 Å². The predicted octanol–water partition coefficient (Wildman–Crippen LogP) is 5.62. The first-order valence-corrected chi connectivity index (χ1v) is 11.0. The van der Waals surface area contributed by atoms with Gasteiger partial charge < -0.3 is 0 Å². The number of carbonyl (C=O) groups excluding carboxylic acids is 1. The lowest BCUT2D eigenvalue weighted by atomic mass is 10.1. The number of nitrogens with zero attached hydrogens (tertiary/aromatic N) is 4. The summed E-state index contributed by atoms with van der Waals surface area (Å²) in [6.07, 6.45) is 3.49. The molecule has 7 heteroatoms. The van der Waals surface area contributed by atoms with Gasteiger partial charge in [0.25, 0.3) is 5.91 Å². The van der Waals surface area contributed by atoms with Crippen molar-refractivity contribution in [2.24, 2.45) is 0 Å². The molecule has 1 N–H and O–H groups in total. The van der Waals surface area contributed by atoms with Crippen LogP contribution in [0.4, 0.5) is 5.13 Å². The third kappa shape index (κ3) is 3.93. The van der Waals surface area contributed by atoms with Crippen LogP contribution in [0.3, 0.4) is 0 Å². The Morgan fingerprint density at radius 1 is 0.938 bits per heavy atom. The van der Waals surface area contributed by atoms with E-state index in [2.05, 4.69) is 15.3 Å². The first-order chi connectivity index (χ1) is 15.7. The average molecular weight is 438 g/mol. The van der Waals surface area contributed by atoms with Crippen LogP contribution in [-0.4, -0.2) is 25.7 Å². The van der Waals surface area contributed by atoms with Crippen molar-refractivity contribution in [3.05, 3.63) is 102 Å². The second kappa shape index (κ2) is 8.56. The molecule has 3 heterocycles. The number of amides is 1. The lowest BCUT2D eigenvalue weighted by Crippen LogP contribution is -2.12. The minimum Gasteiger partial charge on any atom is -0.298 e. The summed E-state index contributed by atoms with van der Waals surface area (Å²) in [5, 5.41) is 10.1. The summed E-state index contributed by atoms with van der Waals surface area (Å²) in [5.74, 6) is -0.260. The van der Waals surface area contributed by atoms with Gasteiger partial charge in [0, 0.05) is 23.3 Å². The van der Waals surface area contributed by atoms with Gasteiger partial charge in [-0.15, -0.1) is 11.3 Å². The van der Waals surface area contributed by atoms with Crippen LogP contribution in [0.2, 0.25) is 0 Å². The summed E-state index contributed by atoms with van der Waals surface area (Å²) >= 11 is 1.37. The molecule has 0 aliphatic rings. The molecule has 0 fully saturated rings. The number of para-hydroxylation sites is 1. The van der Waals surface area contributed by atoms with Gasteiger partial charge in [-0.1, -0.05) is 54.6 Å². The molecule has 0 aliphatic heterocycles. The second-order valence-electron chi connectivity index (χ2n) is 7.20. The monoisotopic (exact) mass is 437 g/mol. The summed E-state index contributed by atoms with van der Waals surface area (Å²) in [6, 6.07) is 23.3. The highest BCUT2D eigenvalue weighted by Gasteiger charge is 2.20. The van der Waals surface area contributed by atoms with E-state index in [-0.39, 0.29) is 5.91 Å². The minimum absolute atomic E-state index is 0.260. The second-order valence-corrected chi connectivity index (χ2v) is 8.06. The van der Waals surface area contributed by atoms with Gasteiger partial charge in [0.15, 0.2) is 5.13 Å². The Bertz CT molecular complexity index is 1380. The molecule has 0 radical (unpaired) electrons. The van der Waals surface area contributed by atoms with Crippen LogP contribution in [0, 0.1) is 6.92 Å². The van der Waals surface area contributed by atoms with Gasteiger partial charge in [-0.2, -0.15) is 5.10 Å². The van der Waals surface area contributed by atoms with E-state index in [0.29, 0.717) is 16.4 Å². The van der Waals surface area contributed by atoms with Crippen molar-refractivity contribution in [1.29, 1.82) is 0 Å². The summed E-state index contributed by atoms with van der Waals surface area (Å²) in [7, 11) is 0. The highest BCUT2D eigenvalue weighted by Crippen LogP contribution is 2.28. The van der Waals surface area contributed by atoms with Crippen molar-refractivity contribution in [3.63, 3.8) is 0 Å². The molecule has 0 bridgehead atoms. The average Bonchev–Trinajstić information content (AvgIpc) is 3.48. The number of benzene rings is 2. The summed E-state index contributed by atoms with van der Waals surface area (Å²) < 4.78 is 1.72. The number of thiazole rings is 1. The van der Waals surface area contributed by atoms with Crippen molar-refractivity contribution in [3.8, 4) is 28.3 Å². The van der Waals surface area contributed by atoms with E-state index in [1.54, 1.807) is 17.1 Å². The fourth-order valence-corrected chi connectivity index (χ4v) is 4.11. The predicted molar refractivity (Wildman–Crippen MR) is 127 cm³/mol. The van der Waals surface area contributed by atoms with Crippen molar-refractivity contribution < 1.29 is 4.79 Å². The number of anilines is 1. The number of hydrogen-bond acceptors (Lipinski definition) is 5. The van der Waals surface area contributed by atoms with Gasteiger partial charge in [-0.3, -0.25) is 15.1 Å².